The second-order valence-electron chi connectivity index (χ2n) is 4.80. The van der Waals surface area contributed by atoms with Gasteiger partial charge in [-0.05, 0) is 32.4 Å². The molecule has 0 aliphatic carbocycles. The zero-order valence-corrected chi connectivity index (χ0v) is 12.3. The van der Waals surface area contributed by atoms with Gasteiger partial charge in [-0.1, -0.05) is 6.07 Å². The number of alkyl halides is 2. The van der Waals surface area contributed by atoms with E-state index in [-0.39, 0.29) is 24.9 Å². The van der Waals surface area contributed by atoms with Gasteiger partial charge in [0, 0.05) is 24.3 Å². The van der Waals surface area contributed by atoms with Crippen molar-refractivity contribution in [3.8, 4) is 5.75 Å². The lowest BCUT2D eigenvalue weighted by Crippen LogP contribution is -2.41. The topological polar surface area (TPSA) is 61.8 Å². The fourth-order valence-corrected chi connectivity index (χ4v) is 1.80. The molecule has 0 unspecified atom stereocenters. The minimum absolute atomic E-state index is 0.0149. The summed E-state index contributed by atoms with van der Waals surface area (Å²) in [5, 5.41) is 11.6. The smallest absolute Gasteiger partial charge is 0.387 e. The molecule has 2 amide bonds. The highest BCUT2D eigenvalue weighted by Crippen LogP contribution is 2.24. The van der Waals surface area contributed by atoms with Gasteiger partial charge in [0.05, 0.1) is 6.61 Å². The average molecular weight is 302 g/mol. The van der Waals surface area contributed by atoms with E-state index in [1.807, 2.05) is 13.8 Å². The Balaban J connectivity index is 2.84. The van der Waals surface area contributed by atoms with Crippen molar-refractivity contribution in [2.24, 2.45) is 0 Å². The van der Waals surface area contributed by atoms with Crippen LogP contribution in [-0.4, -0.2) is 41.8 Å². The molecule has 0 aliphatic rings. The van der Waals surface area contributed by atoms with E-state index in [1.165, 1.54) is 11.0 Å². The molecule has 1 aromatic carbocycles. The Kier molecular flexibility index (Phi) is 6.36. The van der Waals surface area contributed by atoms with Crippen LogP contribution in [0.4, 0.5) is 19.3 Å². The van der Waals surface area contributed by atoms with Crippen LogP contribution >= 0.6 is 0 Å². The van der Waals surface area contributed by atoms with E-state index in [4.69, 9.17) is 5.11 Å². The third-order valence-electron chi connectivity index (χ3n) is 2.88. The number of rotatable bonds is 6. The second-order valence-corrected chi connectivity index (χ2v) is 4.80. The summed E-state index contributed by atoms with van der Waals surface area (Å²) in [6, 6.07) is 4.02. The van der Waals surface area contributed by atoms with E-state index < -0.39 is 12.6 Å². The summed E-state index contributed by atoms with van der Waals surface area (Å²) < 4.78 is 29.0. The summed E-state index contributed by atoms with van der Waals surface area (Å²) in [7, 11) is 0. The Morgan fingerprint density at radius 2 is 2.10 bits per heavy atom. The third-order valence-corrected chi connectivity index (χ3v) is 2.88. The largest absolute Gasteiger partial charge is 0.434 e. The van der Waals surface area contributed by atoms with E-state index in [2.05, 4.69) is 10.1 Å². The molecule has 0 aromatic heterocycles. The first-order valence-corrected chi connectivity index (χ1v) is 6.59. The summed E-state index contributed by atoms with van der Waals surface area (Å²) in [5.41, 5.74) is 0.897. The van der Waals surface area contributed by atoms with Crippen LogP contribution in [0.1, 0.15) is 19.4 Å². The van der Waals surface area contributed by atoms with E-state index in [9.17, 15) is 13.6 Å². The van der Waals surface area contributed by atoms with Crippen molar-refractivity contribution in [1.29, 1.82) is 0 Å². The van der Waals surface area contributed by atoms with Gasteiger partial charge in [-0.15, -0.1) is 0 Å². The number of aryl methyl sites for hydroxylation is 1. The van der Waals surface area contributed by atoms with Crippen molar-refractivity contribution < 1.29 is 23.4 Å². The molecule has 0 aliphatic heterocycles. The molecule has 1 aromatic rings. The molecule has 0 bridgehead atoms. The molecule has 0 heterocycles. The second kappa shape index (κ2) is 7.78. The summed E-state index contributed by atoms with van der Waals surface area (Å²) in [5.74, 6) is 0.0149. The molecule has 1 rings (SSSR count). The van der Waals surface area contributed by atoms with E-state index in [0.717, 1.165) is 0 Å². The minimum Gasteiger partial charge on any atom is -0.434 e. The van der Waals surface area contributed by atoms with Gasteiger partial charge in [0.1, 0.15) is 5.75 Å². The number of urea groups is 1. The predicted molar refractivity (Wildman–Crippen MR) is 75.8 cm³/mol. The predicted octanol–water partition coefficient (Wildman–Crippen LogP) is 2.83. The molecule has 0 atom stereocenters. The zero-order valence-electron chi connectivity index (χ0n) is 12.3. The number of nitrogens with zero attached hydrogens (tertiary/aromatic N) is 1. The van der Waals surface area contributed by atoms with Crippen molar-refractivity contribution in [2.75, 3.05) is 18.5 Å². The standard InChI is InChI=1S/C14H20F2N2O3/c1-9(2)18(6-7-19)14(20)17-11-5-4-10(3)12(8-11)21-13(15)16/h4-5,8-9,13,19H,6-7H2,1-3H3,(H,17,20). The lowest BCUT2D eigenvalue weighted by atomic mass is 10.2. The molecule has 0 spiro atoms. The van der Waals surface area contributed by atoms with Gasteiger partial charge in [-0.25, -0.2) is 4.79 Å². The fraction of sp³-hybridized carbons (Fsp3) is 0.500. The van der Waals surface area contributed by atoms with Crippen molar-refractivity contribution in [3.63, 3.8) is 0 Å². The van der Waals surface area contributed by atoms with Gasteiger partial charge in [0.15, 0.2) is 0 Å². The first kappa shape index (κ1) is 17.2. The first-order valence-electron chi connectivity index (χ1n) is 6.59. The van der Waals surface area contributed by atoms with Crippen molar-refractivity contribution >= 4 is 11.7 Å². The molecule has 0 fully saturated rings. The SMILES string of the molecule is Cc1ccc(NC(=O)N(CCO)C(C)C)cc1OC(F)F. The van der Waals surface area contributed by atoms with Crippen LogP contribution in [-0.2, 0) is 0 Å². The lowest BCUT2D eigenvalue weighted by Gasteiger charge is -2.26. The normalized spacial score (nSPS) is 10.9. The van der Waals surface area contributed by atoms with Crippen LogP contribution in [0, 0.1) is 6.92 Å². The Labute approximate surface area is 122 Å². The number of hydrogen-bond donors (Lipinski definition) is 2. The molecule has 0 radical (unpaired) electrons. The number of benzene rings is 1. The molecule has 118 valence electrons. The number of amides is 2. The molecule has 0 saturated heterocycles. The van der Waals surface area contributed by atoms with Crippen LogP contribution in [0.25, 0.3) is 0 Å². The summed E-state index contributed by atoms with van der Waals surface area (Å²) in [4.78, 5) is 13.5. The zero-order chi connectivity index (χ0) is 16.0. The summed E-state index contributed by atoms with van der Waals surface area (Å²) in [6.07, 6.45) is 0. The maximum Gasteiger partial charge on any atom is 0.387 e. The third kappa shape index (κ3) is 5.18. The van der Waals surface area contributed by atoms with Crippen LogP contribution in [0.2, 0.25) is 0 Å². The summed E-state index contributed by atoms with van der Waals surface area (Å²) >= 11 is 0. The number of hydrogen-bond acceptors (Lipinski definition) is 3. The molecule has 21 heavy (non-hydrogen) atoms. The van der Waals surface area contributed by atoms with Crippen molar-refractivity contribution in [1.82, 2.24) is 4.90 Å². The van der Waals surface area contributed by atoms with Gasteiger partial charge in [0.25, 0.3) is 0 Å². The summed E-state index contributed by atoms with van der Waals surface area (Å²) in [6.45, 7) is 2.38. The Bertz CT molecular complexity index is 481. The number of nitrogens with one attached hydrogen (secondary N) is 1. The number of halogens is 2. The Morgan fingerprint density at radius 1 is 1.43 bits per heavy atom. The average Bonchev–Trinajstić information content (AvgIpc) is 2.38. The molecule has 2 N–H and O–H groups in total. The monoisotopic (exact) mass is 302 g/mol. The highest BCUT2D eigenvalue weighted by Gasteiger charge is 2.17. The maximum absolute atomic E-state index is 12.3. The van der Waals surface area contributed by atoms with Crippen molar-refractivity contribution in [3.05, 3.63) is 23.8 Å². The highest BCUT2D eigenvalue weighted by molar-refractivity contribution is 5.89. The number of carbonyl (C=O) groups excluding carboxylic acids is 1. The number of ether oxygens (including phenoxy) is 1. The molecular weight excluding hydrogens is 282 g/mol. The maximum atomic E-state index is 12.3. The number of aliphatic hydroxyl groups excluding tert-OH is 1. The first-order chi connectivity index (χ1) is 9.85. The number of anilines is 1. The quantitative estimate of drug-likeness (QED) is 0.849. The van der Waals surface area contributed by atoms with Crippen LogP contribution in [0.15, 0.2) is 18.2 Å². The molecule has 0 saturated carbocycles. The van der Waals surface area contributed by atoms with E-state index >= 15 is 0 Å². The molecule has 7 heteroatoms. The lowest BCUT2D eigenvalue weighted by molar-refractivity contribution is -0.0502. The highest BCUT2D eigenvalue weighted by atomic mass is 19.3. The van der Waals surface area contributed by atoms with Gasteiger partial charge in [-0.2, -0.15) is 8.78 Å². The molecular formula is C14H20F2N2O3. The van der Waals surface area contributed by atoms with Gasteiger partial charge in [-0.3, -0.25) is 0 Å². The van der Waals surface area contributed by atoms with Gasteiger partial charge in [0.2, 0.25) is 0 Å². The van der Waals surface area contributed by atoms with Gasteiger partial charge < -0.3 is 20.1 Å². The van der Waals surface area contributed by atoms with E-state index in [0.29, 0.717) is 11.3 Å². The number of aliphatic hydroxyl groups is 1. The minimum atomic E-state index is -2.92. The fourth-order valence-electron chi connectivity index (χ4n) is 1.80. The van der Waals surface area contributed by atoms with Crippen molar-refractivity contribution in [2.45, 2.75) is 33.4 Å². The van der Waals surface area contributed by atoms with Crippen LogP contribution in [0.5, 0.6) is 5.75 Å². The Morgan fingerprint density at radius 3 is 2.62 bits per heavy atom. The Hall–Kier alpha value is -1.89. The van der Waals surface area contributed by atoms with Crippen LogP contribution in [0.3, 0.4) is 0 Å². The number of carbonyl (C=O) groups is 1. The van der Waals surface area contributed by atoms with E-state index in [1.54, 1.807) is 19.1 Å². The molecule has 5 nitrogen and oxygen atoms in total. The van der Waals surface area contributed by atoms with Gasteiger partial charge >= 0.3 is 12.6 Å². The van der Waals surface area contributed by atoms with Crippen LogP contribution < -0.4 is 10.1 Å².